The highest BCUT2D eigenvalue weighted by atomic mass is 19.1. The molecule has 6 heteroatoms. The molecule has 2 aromatic carbocycles. The number of imidazole rings is 1. The third-order valence-corrected chi connectivity index (χ3v) is 3.87. The van der Waals surface area contributed by atoms with Crippen LogP contribution in [0, 0.1) is 5.82 Å². The van der Waals surface area contributed by atoms with Gasteiger partial charge in [0.1, 0.15) is 29.7 Å². The minimum Gasteiger partial charge on any atom is -0.492 e. The van der Waals surface area contributed by atoms with Gasteiger partial charge in [-0.2, -0.15) is 0 Å². The number of ether oxygens (including phenoxy) is 2. The maximum atomic E-state index is 12.9. The molecule has 4 aromatic rings. The summed E-state index contributed by atoms with van der Waals surface area (Å²) in [6.45, 7) is 1.19. The van der Waals surface area contributed by atoms with E-state index in [1.165, 1.54) is 12.1 Å². The van der Waals surface area contributed by atoms with Crippen molar-refractivity contribution in [3.63, 3.8) is 0 Å². The molecule has 0 fully saturated rings. The molecule has 130 valence electrons. The van der Waals surface area contributed by atoms with Crippen molar-refractivity contribution < 1.29 is 13.9 Å². The van der Waals surface area contributed by atoms with Gasteiger partial charge in [0.15, 0.2) is 5.65 Å². The van der Waals surface area contributed by atoms with Crippen molar-refractivity contribution in [1.82, 2.24) is 14.5 Å². The molecule has 2 heterocycles. The van der Waals surface area contributed by atoms with Gasteiger partial charge in [0.05, 0.1) is 18.4 Å². The van der Waals surface area contributed by atoms with Gasteiger partial charge in [0.2, 0.25) is 0 Å². The number of hydrogen-bond acceptors (Lipinski definition) is 4. The predicted octanol–water partition coefficient (Wildman–Crippen LogP) is 4.44. The Bertz CT molecular complexity index is 998. The number of nitrogens with zero attached hydrogens (tertiary/aromatic N) is 3. The zero-order valence-electron chi connectivity index (χ0n) is 13.9. The maximum Gasteiger partial charge on any atom is 0.177 e. The Kier molecular flexibility index (Phi) is 4.47. The molecule has 5 nitrogen and oxygen atoms in total. The normalized spacial score (nSPS) is 10.8. The van der Waals surface area contributed by atoms with Crippen LogP contribution >= 0.6 is 0 Å². The number of pyridine rings is 1. The van der Waals surface area contributed by atoms with Crippen LogP contribution in [0.25, 0.3) is 11.2 Å². The number of rotatable bonds is 6. The average Bonchev–Trinajstić information content (AvgIpc) is 3.08. The zero-order valence-corrected chi connectivity index (χ0v) is 13.9. The SMILES string of the molecule is Fc1ccc(Oc2ccc(OCCn3cnc4ncccc43)cc2)cc1. The fraction of sp³-hybridized carbons (Fsp3) is 0.100. The van der Waals surface area contributed by atoms with E-state index in [0.717, 1.165) is 16.9 Å². The second-order valence-corrected chi connectivity index (χ2v) is 5.66. The molecule has 0 radical (unpaired) electrons. The Hall–Kier alpha value is -3.41. The topological polar surface area (TPSA) is 49.2 Å². The first kappa shape index (κ1) is 16.1. The summed E-state index contributed by atoms with van der Waals surface area (Å²) in [6, 6.07) is 17.1. The van der Waals surface area contributed by atoms with E-state index < -0.39 is 0 Å². The first-order chi connectivity index (χ1) is 12.8. The van der Waals surface area contributed by atoms with E-state index in [1.807, 2.05) is 41.0 Å². The number of halogens is 1. The molecule has 0 saturated heterocycles. The lowest BCUT2D eigenvalue weighted by Gasteiger charge is -2.09. The van der Waals surface area contributed by atoms with E-state index in [-0.39, 0.29) is 5.82 Å². The summed E-state index contributed by atoms with van der Waals surface area (Å²) < 4.78 is 26.3. The largest absolute Gasteiger partial charge is 0.492 e. The van der Waals surface area contributed by atoms with Crippen molar-refractivity contribution >= 4 is 11.2 Å². The van der Waals surface area contributed by atoms with Crippen molar-refractivity contribution in [3.8, 4) is 17.2 Å². The second kappa shape index (κ2) is 7.23. The minimum absolute atomic E-state index is 0.289. The molecule has 0 N–H and O–H groups in total. The summed E-state index contributed by atoms with van der Waals surface area (Å²) in [6.07, 6.45) is 3.49. The van der Waals surface area contributed by atoms with Crippen molar-refractivity contribution in [1.29, 1.82) is 0 Å². The van der Waals surface area contributed by atoms with Gasteiger partial charge in [-0.15, -0.1) is 0 Å². The van der Waals surface area contributed by atoms with Crippen molar-refractivity contribution in [2.75, 3.05) is 6.61 Å². The van der Waals surface area contributed by atoms with Crippen LogP contribution in [0.3, 0.4) is 0 Å². The lowest BCUT2D eigenvalue weighted by molar-refractivity contribution is 0.299. The average molecular weight is 349 g/mol. The lowest BCUT2D eigenvalue weighted by atomic mass is 10.3. The molecule has 0 unspecified atom stereocenters. The second-order valence-electron chi connectivity index (χ2n) is 5.66. The first-order valence-corrected chi connectivity index (χ1v) is 8.20. The molecule has 0 aliphatic heterocycles. The molecule has 0 amide bonds. The maximum absolute atomic E-state index is 12.9. The third kappa shape index (κ3) is 3.64. The fourth-order valence-electron chi connectivity index (χ4n) is 2.58. The van der Waals surface area contributed by atoms with E-state index in [0.29, 0.717) is 24.7 Å². The summed E-state index contributed by atoms with van der Waals surface area (Å²) in [5.74, 6) is 1.71. The number of hydrogen-bond donors (Lipinski definition) is 0. The molecular formula is C20H16FN3O2. The van der Waals surface area contributed by atoms with Gasteiger partial charge in [0, 0.05) is 6.20 Å². The van der Waals surface area contributed by atoms with Gasteiger partial charge in [-0.25, -0.2) is 14.4 Å². The molecule has 0 aliphatic carbocycles. The van der Waals surface area contributed by atoms with Gasteiger partial charge in [-0.1, -0.05) is 0 Å². The van der Waals surface area contributed by atoms with Crippen LogP contribution in [-0.4, -0.2) is 21.1 Å². The standard InChI is InChI=1S/C20H16FN3O2/c21-15-3-5-17(6-4-15)26-18-9-7-16(8-10-18)25-13-12-24-14-23-20-19(24)2-1-11-22-20/h1-11,14H,12-13H2. The molecule has 0 bridgehead atoms. The molecule has 0 spiro atoms. The van der Waals surface area contributed by atoms with Crippen LogP contribution in [0.5, 0.6) is 17.2 Å². The van der Waals surface area contributed by atoms with Crippen molar-refractivity contribution in [3.05, 3.63) is 79.0 Å². The molecular weight excluding hydrogens is 333 g/mol. The van der Waals surface area contributed by atoms with Crippen LogP contribution in [0.1, 0.15) is 0 Å². The van der Waals surface area contributed by atoms with Crippen LogP contribution in [-0.2, 0) is 6.54 Å². The lowest BCUT2D eigenvalue weighted by Crippen LogP contribution is -2.07. The fourth-order valence-corrected chi connectivity index (χ4v) is 2.58. The summed E-state index contributed by atoms with van der Waals surface area (Å²) in [5, 5.41) is 0. The van der Waals surface area contributed by atoms with E-state index in [9.17, 15) is 4.39 Å². The highest BCUT2D eigenvalue weighted by Gasteiger charge is 2.03. The Morgan fingerprint density at radius 3 is 2.31 bits per heavy atom. The van der Waals surface area contributed by atoms with Gasteiger partial charge < -0.3 is 14.0 Å². The molecule has 4 rings (SSSR count). The molecule has 0 saturated carbocycles. The number of aromatic nitrogens is 3. The van der Waals surface area contributed by atoms with Crippen LogP contribution in [0.15, 0.2) is 73.2 Å². The zero-order chi connectivity index (χ0) is 17.8. The van der Waals surface area contributed by atoms with Crippen molar-refractivity contribution in [2.45, 2.75) is 6.54 Å². The summed E-state index contributed by atoms with van der Waals surface area (Å²) in [4.78, 5) is 8.47. The number of fused-ring (bicyclic) bond motifs is 1. The highest BCUT2D eigenvalue weighted by molar-refractivity contribution is 5.70. The predicted molar refractivity (Wildman–Crippen MR) is 95.9 cm³/mol. The van der Waals surface area contributed by atoms with Gasteiger partial charge >= 0.3 is 0 Å². The van der Waals surface area contributed by atoms with E-state index in [2.05, 4.69) is 9.97 Å². The number of benzene rings is 2. The monoisotopic (exact) mass is 349 g/mol. The molecule has 2 aromatic heterocycles. The quantitative estimate of drug-likeness (QED) is 0.516. The minimum atomic E-state index is -0.289. The Morgan fingerprint density at radius 2 is 1.54 bits per heavy atom. The Labute approximate surface area is 149 Å². The Morgan fingerprint density at radius 1 is 0.846 bits per heavy atom. The third-order valence-electron chi connectivity index (χ3n) is 3.87. The van der Waals surface area contributed by atoms with Crippen LogP contribution < -0.4 is 9.47 Å². The Balaban J connectivity index is 1.33. The van der Waals surface area contributed by atoms with Crippen LogP contribution in [0.4, 0.5) is 4.39 Å². The van der Waals surface area contributed by atoms with Crippen LogP contribution in [0.2, 0.25) is 0 Å². The van der Waals surface area contributed by atoms with E-state index in [4.69, 9.17) is 9.47 Å². The van der Waals surface area contributed by atoms with Crippen molar-refractivity contribution in [2.24, 2.45) is 0 Å². The highest BCUT2D eigenvalue weighted by Crippen LogP contribution is 2.24. The molecule has 26 heavy (non-hydrogen) atoms. The van der Waals surface area contributed by atoms with Gasteiger partial charge in [-0.3, -0.25) is 0 Å². The van der Waals surface area contributed by atoms with E-state index in [1.54, 1.807) is 24.7 Å². The van der Waals surface area contributed by atoms with E-state index >= 15 is 0 Å². The summed E-state index contributed by atoms with van der Waals surface area (Å²) >= 11 is 0. The summed E-state index contributed by atoms with van der Waals surface area (Å²) in [5.41, 5.74) is 1.72. The summed E-state index contributed by atoms with van der Waals surface area (Å²) in [7, 11) is 0. The molecule has 0 atom stereocenters. The first-order valence-electron chi connectivity index (χ1n) is 8.20. The smallest absolute Gasteiger partial charge is 0.177 e. The van der Waals surface area contributed by atoms with Gasteiger partial charge in [0.25, 0.3) is 0 Å². The molecule has 0 aliphatic rings. The van der Waals surface area contributed by atoms with Gasteiger partial charge in [-0.05, 0) is 60.7 Å².